The summed E-state index contributed by atoms with van der Waals surface area (Å²) in [5, 5.41) is 3.38. The molecule has 8 heteroatoms. The number of rotatable bonds is 5. The lowest BCUT2D eigenvalue weighted by atomic mass is 10.1. The molecule has 0 spiro atoms. The summed E-state index contributed by atoms with van der Waals surface area (Å²) in [6.07, 6.45) is 0. The van der Waals surface area contributed by atoms with Crippen LogP contribution < -0.4 is 10.0 Å². The van der Waals surface area contributed by atoms with Gasteiger partial charge in [-0.25, -0.2) is 4.21 Å². The van der Waals surface area contributed by atoms with Gasteiger partial charge in [-0.05, 0) is 67.1 Å². The first-order valence-electron chi connectivity index (χ1n) is 8.15. The van der Waals surface area contributed by atoms with Crippen LogP contribution in [0.15, 0.2) is 74.5 Å². The van der Waals surface area contributed by atoms with E-state index < -0.39 is 11.0 Å². The first-order valence-corrected chi connectivity index (χ1v) is 11.3. The predicted octanol–water partition coefficient (Wildman–Crippen LogP) is 6.56. The Bertz CT molecular complexity index is 1060. The standard InChI is InChI=1S/C20H15Br2ClN2O2S/c1-12-17(23)3-2-4-19(12)28(27)25-18-10-7-14(22)11-16(18)20(26)24-15-8-5-13(21)6-9-15/h2-11,25H,1H3,(H,24,26). The van der Waals surface area contributed by atoms with Crippen molar-refractivity contribution in [3.8, 4) is 0 Å². The van der Waals surface area contributed by atoms with Crippen molar-refractivity contribution in [2.24, 2.45) is 0 Å². The molecule has 0 aliphatic heterocycles. The molecule has 0 bridgehead atoms. The summed E-state index contributed by atoms with van der Waals surface area (Å²) in [5.41, 5.74) is 2.21. The molecule has 0 aromatic heterocycles. The van der Waals surface area contributed by atoms with E-state index in [1.807, 2.05) is 12.1 Å². The molecule has 0 saturated carbocycles. The van der Waals surface area contributed by atoms with E-state index in [9.17, 15) is 9.00 Å². The van der Waals surface area contributed by atoms with Crippen molar-refractivity contribution in [2.45, 2.75) is 11.8 Å². The van der Waals surface area contributed by atoms with Crippen LogP contribution >= 0.6 is 43.5 Å². The zero-order chi connectivity index (χ0) is 20.3. The third-order valence-corrected chi connectivity index (χ3v) is 6.63. The lowest BCUT2D eigenvalue weighted by Gasteiger charge is -2.14. The van der Waals surface area contributed by atoms with Gasteiger partial charge in [-0.15, -0.1) is 0 Å². The van der Waals surface area contributed by atoms with E-state index >= 15 is 0 Å². The van der Waals surface area contributed by atoms with Crippen molar-refractivity contribution in [3.63, 3.8) is 0 Å². The highest BCUT2D eigenvalue weighted by molar-refractivity contribution is 9.10. The number of halogens is 3. The molecule has 1 atom stereocenters. The lowest BCUT2D eigenvalue weighted by molar-refractivity contribution is 0.102. The highest BCUT2D eigenvalue weighted by atomic mass is 79.9. The maximum Gasteiger partial charge on any atom is 0.257 e. The van der Waals surface area contributed by atoms with Gasteiger partial charge >= 0.3 is 0 Å². The fourth-order valence-corrected chi connectivity index (χ4v) is 4.40. The first kappa shape index (κ1) is 21.0. The van der Waals surface area contributed by atoms with Gasteiger partial charge in [-0.2, -0.15) is 0 Å². The van der Waals surface area contributed by atoms with Gasteiger partial charge in [0.15, 0.2) is 11.0 Å². The number of hydrogen-bond acceptors (Lipinski definition) is 2. The largest absolute Gasteiger partial charge is 0.322 e. The first-order chi connectivity index (χ1) is 13.3. The monoisotopic (exact) mass is 540 g/mol. The molecular formula is C20H15Br2ClN2O2S. The number of nitrogens with one attached hydrogen (secondary N) is 2. The molecule has 1 amide bonds. The van der Waals surface area contributed by atoms with Crippen LogP contribution in [0, 0.1) is 6.92 Å². The summed E-state index contributed by atoms with van der Waals surface area (Å²) in [6.45, 7) is 1.81. The molecule has 0 fully saturated rings. The Balaban J connectivity index is 1.88. The molecule has 28 heavy (non-hydrogen) atoms. The summed E-state index contributed by atoms with van der Waals surface area (Å²) in [5.74, 6) is -0.314. The highest BCUT2D eigenvalue weighted by Gasteiger charge is 2.16. The molecule has 0 aliphatic rings. The molecule has 0 heterocycles. The number of amides is 1. The van der Waals surface area contributed by atoms with Crippen molar-refractivity contribution < 1.29 is 9.00 Å². The molecule has 1 unspecified atom stereocenters. The van der Waals surface area contributed by atoms with E-state index in [0.717, 1.165) is 14.5 Å². The van der Waals surface area contributed by atoms with E-state index in [0.29, 0.717) is 26.9 Å². The molecule has 0 aliphatic carbocycles. The van der Waals surface area contributed by atoms with E-state index in [-0.39, 0.29) is 5.91 Å². The van der Waals surface area contributed by atoms with Crippen LogP contribution in [-0.2, 0) is 11.0 Å². The third-order valence-electron chi connectivity index (χ3n) is 3.95. The molecule has 144 valence electrons. The van der Waals surface area contributed by atoms with E-state index in [1.54, 1.807) is 55.5 Å². The second-order valence-corrected chi connectivity index (χ2v) is 9.30. The molecule has 4 nitrogen and oxygen atoms in total. The lowest BCUT2D eigenvalue weighted by Crippen LogP contribution is -2.16. The average Bonchev–Trinajstić information content (AvgIpc) is 2.67. The van der Waals surface area contributed by atoms with Gasteiger partial charge in [0, 0.05) is 19.7 Å². The fraction of sp³-hybridized carbons (Fsp3) is 0.0500. The molecule has 0 saturated heterocycles. The predicted molar refractivity (Wildman–Crippen MR) is 122 cm³/mol. The Labute approximate surface area is 187 Å². The van der Waals surface area contributed by atoms with Gasteiger partial charge in [0.25, 0.3) is 5.91 Å². The van der Waals surface area contributed by atoms with E-state index in [2.05, 4.69) is 41.9 Å². The summed E-state index contributed by atoms with van der Waals surface area (Å²) in [4.78, 5) is 13.4. The van der Waals surface area contributed by atoms with Crippen LogP contribution in [0.1, 0.15) is 15.9 Å². The normalized spacial score (nSPS) is 11.7. The molecular weight excluding hydrogens is 528 g/mol. The van der Waals surface area contributed by atoms with Crippen molar-refractivity contribution in [2.75, 3.05) is 10.0 Å². The van der Waals surface area contributed by atoms with Crippen molar-refractivity contribution >= 4 is 71.7 Å². The van der Waals surface area contributed by atoms with Crippen LogP contribution in [0.3, 0.4) is 0 Å². The summed E-state index contributed by atoms with van der Waals surface area (Å²) >= 11 is 12.9. The quantitative estimate of drug-likeness (QED) is 0.384. The van der Waals surface area contributed by atoms with Crippen molar-refractivity contribution in [3.05, 3.63) is 85.8 Å². The zero-order valence-electron chi connectivity index (χ0n) is 14.6. The maximum atomic E-state index is 12.8. The van der Waals surface area contributed by atoms with Gasteiger partial charge in [-0.1, -0.05) is 49.5 Å². The van der Waals surface area contributed by atoms with Crippen molar-refractivity contribution in [1.29, 1.82) is 0 Å². The number of carbonyl (C=O) groups excluding carboxylic acids is 1. The minimum atomic E-state index is -1.58. The molecule has 3 aromatic rings. The minimum absolute atomic E-state index is 0.314. The van der Waals surface area contributed by atoms with Crippen LogP contribution in [-0.4, -0.2) is 10.1 Å². The third kappa shape index (κ3) is 5.03. The minimum Gasteiger partial charge on any atom is -0.322 e. The zero-order valence-corrected chi connectivity index (χ0v) is 19.4. The topological polar surface area (TPSA) is 58.2 Å². The Morgan fingerprint density at radius 2 is 1.68 bits per heavy atom. The SMILES string of the molecule is Cc1c(Cl)cccc1S(=O)Nc1ccc(Br)cc1C(=O)Nc1ccc(Br)cc1. The molecule has 0 radical (unpaired) electrons. The van der Waals surface area contributed by atoms with Gasteiger partial charge < -0.3 is 10.0 Å². The van der Waals surface area contributed by atoms with E-state index in [4.69, 9.17) is 11.6 Å². The number of anilines is 2. The number of hydrogen-bond donors (Lipinski definition) is 2. The Morgan fingerprint density at radius 3 is 2.39 bits per heavy atom. The van der Waals surface area contributed by atoms with E-state index in [1.165, 1.54) is 0 Å². The summed E-state index contributed by atoms with van der Waals surface area (Å²) in [7, 11) is -1.58. The molecule has 3 aromatic carbocycles. The second-order valence-electron chi connectivity index (χ2n) is 5.88. The Hall–Kier alpha value is -1.67. The van der Waals surface area contributed by atoms with Crippen LogP contribution in [0.5, 0.6) is 0 Å². The highest BCUT2D eigenvalue weighted by Crippen LogP contribution is 2.27. The van der Waals surface area contributed by atoms with Gasteiger partial charge in [0.05, 0.1) is 16.1 Å². The van der Waals surface area contributed by atoms with Crippen LogP contribution in [0.4, 0.5) is 11.4 Å². The van der Waals surface area contributed by atoms with Crippen LogP contribution in [0.2, 0.25) is 5.02 Å². The second kappa shape index (κ2) is 9.22. The van der Waals surface area contributed by atoms with Gasteiger partial charge in [-0.3, -0.25) is 4.79 Å². The number of carbonyl (C=O) groups is 1. The summed E-state index contributed by atoms with van der Waals surface area (Å²) < 4.78 is 17.4. The Morgan fingerprint density at radius 1 is 1.00 bits per heavy atom. The van der Waals surface area contributed by atoms with Gasteiger partial charge in [0.1, 0.15) is 0 Å². The average molecular weight is 543 g/mol. The van der Waals surface area contributed by atoms with Crippen molar-refractivity contribution in [1.82, 2.24) is 0 Å². The molecule has 3 rings (SSSR count). The summed E-state index contributed by atoms with van der Waals surface area (Å²) in [6, 6.07) is 17.7. The molecule has 2 N–H and O–H groups in total. The Kier molecular flexibility index (Phi) is 6.93. The van der Waals surface area contributed by atoms with Gasteiger partial charge in [0.2, 0.25) is 0 Å². The van der Waals surface area contributed by atoms with Crippen LogP contribution in [0.25, 0.3) is 0 Å². The number of benzene rings is 3. The maximum absolute atomic E-state index is 12.8. The fourth-order valence-electron chi connectivity index (χ4n) is 2.47. The smallest absolute Gasteiger partial charge is 0.257 e.